The number of likely N-dealkylation sites (tertiary alicyclic amines) is 1. The number of hydrogen-bond donors (Lipinski definition) is 1. The average molecular weight is 263 g/mol. The number of nitrogens with zero attached hydrogens (tertiary/aromatic N) is 1. The third-order valence-corrected chi connectivity index (χ3v) is 3.84. The lowest BCUT2D eigenvalue weighted by molar-refractivity contribution is 0.0756. The van der Waals surface area contributed by atoms with E-state index in [9.17, 15) is 9.50 Å². The highest BCUT2D eigenvalue weighted by Gasteiger charge is 2.21. The molecule has 1 aliphatic heterocycles. The molecule has 2 nitrogen and oxygen atoms in total. The van der Waals surface area contributed by atoms with Crippen LogP contribution in [0.4, 0.5) is 4.39 Å². The van der Waals surface area contributed by atoms with Gasteiger partial charge in [-0.05, 0) is 56.5 Å². The van der Waals surface area contributed by atoms with Crippen LogP contribution >= 0.6 is 0 Å². The summed E-state index contributed by atoms with van der Waals surface area (Å²) in [5, 5.41) is 9.55. The van der Waals surface area contributed by atoms with Gasteiger partial charge in [0, 0.05) is 6.54 Å². The lowest BCUT2D eigenvalue weighted by Crippen LogP contribution is -2.37. The minimum absolute atomic E-state index is 0.190. The Morgan fingerprint density at radius 1 is 1.42 bits per heavy atom. The third kappa shape index (κ3) is 4.44. The van der Waals surface area contributed by atoms with E-state index < -0.39 is 0 Å². The number of rotatable bonds is 4. The van der Waals surface area contributed by atoms with Gasteiger partial charge in [-0.2, -0.15) is 0 Å². The first-order valence-electron chi connectivity index (χ1n) is 6.97. The Kier molecular flexibility index (Phi) is 5.11. The molecular formula is C16H22FNO. The molecule has 1 saturated heterocycles. The minimum atomic E-state index is -0.195. The summed E-state index contributed by atoms with van der Waals surface area (Å²) in [6, 6.07) is 6.62. The molecule has 0 bridgehead atoms. The van der Waals surface area contributed by atoms with Crippen LogP contribution in [0.15, 0.2) is 30.3 Å². The van der Waals surface area contributed by atoms with Gasteiger partial charge < -0.3 is 5.11 Å². The Balaban J connectivity index is 1.77. The minimum Gasteiger partial charge on any atom is -0.393 e. The van der Waals surface area contributed by atoms with Crippen LogP contribution in [-0.2, 0) is 0 Å². The predicted octanol–water partition coefficient (Wildman–Crippen LogP) is 2.93. The maximum Gasteiger partial charge on any atom is 0.123 e. The molecule has 2 rings (SSSR count). The maximum atomic E-state index is 13.0. The Bertz CT molecular complexity index is 423. The number of aliphatic hydroxyl groups is 1. The van der Waals surface area contributed by atoms with Crippen LogP contribution in [0.5, 0.6) is 0 Å². The topological polar surface area (TPSA) is 23.5 Å². The summed E-state index contributed by atoms with van der Waals surface area (Å²) in [6.45, 7) is 4.83. The SMILES string of the molecule is C[C@H](O)C1CCN(CC=Cc2cccc(F)c2)CC1. The van der Waals surface area contributed by atoms with Crippen LogP contribution in [0.25, 0.3) is 6.08 Å². The van der Waals surface area contributed by atoms with Crippen LogP contribution < -0.4 is 0 Å². The number of hydrogen-bond acceptors (Lipinski definition) is 2. The van der Waals surface area contributed by atoms with Crippen molar-refractivity contribution < 1.29 is 9.50 Å². The van der Waals surface area contributed by atoms with Crippen LogP contribution in [0, 0.1) is 11.7 Å². The second kappa shape index (κ2) is 6.83. The predicted molar refractivity (Wildman–Crippen MR) is 76.3 cm³/mol. The first kappa shape index (κ1) is 14.2. The molecule has 0 unspecified atom stereocenters. The summed E-state index contributed by atoms with van der Waals surface area (Å²) in [7, 11) is 0. The fraction of sp³-hybridized carbons (Fsp3) is 0.500. The van der Waals surface area contributed by atoms with E-state index in [-0.39, 0.29) is 11.9 Å². The molecule has 1 aliphatic rings. The Morgan fingerprint density at radius 2 is 2.16 bits per heavy atom. The molecule has 1 N–H and O–H groups in total. The van der Waals surface area contributed by atoms with Crippen molar-refractivity contribution in [1.82, 2.24) is 4.90 Å². The van der Waals surface area contributed by atoms with Gasteiger partial charge in [-0.3, -0.25) is 4.90 Å². The molecule has 19 heavy (non-hydrogen) atoms. The normalized spacial score (nSPS) is 19.9. The van der Waals surface area contributed by atoms with Gasteiger partial charge in [-0.1, -0.05) is 24.3 Å². The maximum absolute atomic E-state index is 13.0. The van der Waals surface area contributed by atoms with Gasteiger partial charge in [0.2, 0.25) is 0 Å². The van der Waals surface area contributed by atoms with Crippen molar-refractivity contribution >= 4 is 6.08 Å². The standard InChI is InChI=1S/C16H22FNO/c1-13(19)15-7-10-18(11-8-15)9-3-5-14-4-2-6-16(17)12-14/h2-6,12-13,15,19H,7-11H2,1H3/t13-/m0/s1. The number of aliphatic hydroxyl groups excluding tert-OH is 1. The lowest BCUT2D eigenvalue weighted by atomic mass is 9.92. The van der Waals surface area contributed by atoms with Crippen molar-refractivity contribution in [3.63, 3.8) is 0 Å². The third-order valence-electron chi connectivity index (χ3n) is 3.84. The number of piperidine rings is 1. The van der Waals surface area contributed by atoms with E-state index in [4.69, 9.17) is 0 Å². The summed E-state index contributed by atoms with van der Waals surface area (Å²) < 4.78 is 13.0. The second-order valence-corrected chi connectivity index (χ2v) is 5.34. The van der Waals surface area contributed by atoms with Crippen molar-refractivity contribution in [3.8, 4) is 0 Å². The molecule has 104 valence electrons. The van der Waals surface area contributed by atoms with Crippen LogP contribution in [0.3, 0.4) is 0 Å². The molecule has 0 radical (unpaired) electrons. The van der Waals surface area contributed by atoms with Gasteiger partial charge in [0.25, 0.3) is 0 Å². The van der Waals surface area contributed by atoms with Crippen LogP contribution in [0.1, 0.15) is 25.3 Å². The highest BCUT2D eigenvalue weighted by molar-refractivity contribution is 5.49. The molecule has 1 heterocycles. The van der Waals surface area contributed by atoms with E-state index >= 15 is 0 Å². The molecule has 1 fully saturated rings. The zero-order valence-corrected chi connectivity index (χ0v) is 11.4. The van der Waals surface area contributed by atoms with Crippen LogP contribution in [0.2, 0.25) is 0 Å². The Hall–Kier alpha value is -1.19. The summed E-state index contributed by atoms with van der Waals surface area (Å²) in [6.07, 6.45) is 5.98. The van der Waals surface area contributed by atoms with Crippen LogP contribution in [-0.4, -0.2) is 35.7 Å². The first-order chi connectivity index (χ1) is 9.15. The van der Waals surface area contributed by atoms with E-state index in [1.807, 2.05) is 19.1 Å². The number of halogens is 1. The Labute approximate surface area is 114 Å². The first-order valence-corrected chi connectivity index (χ1v) is 6.97. The van der Waals surface area contributed by atoms with E-state index in [1.54, 1.807) is 6.07 Å². The van der Waals surface area contributed by atoms with Gasteiger partial charge in [0.15, 0.2) is 0 Å². The molecule has 1 aromatic rings. The van der Waals surface area contributed by atoms with E-state index in [2.05, 4.69) is 11.0 Å². The smallest absolute Gasteiger partial charge is 0.123 e. The monoisotopic (exact) mass is 263 g/mol. The molecule has 0 amide bonds. The quantitative estimate of drug-likeness (QED) is 0.903. The molecule has 1 atom stereocenters. The molecule has 1 aromatic carbocycles. The summed E-state index contributed by atoms with van der Waals surface area (Å²) in [5.41, 5.74) is 0.902. The highest BCUT2D eigenvalue weighted by Crippen LogP contribution is 2.20. The zero-order chi connectivity index (χ0) is 13.7. The van der Waals surface area contributed by atoms with Crippen molar-refractivity contribution in [2.75, 3.05) is 19.6 Å². The van der Waals surface area contributed by atoms with Gasteiger partial charge in [0.1, 0.15) is 5.82 Å². The molecule has 0 aromatic heterocycles. The fourth-order valence-corrected chi connectivity index (χ4v) is 2.57. The van der Waals surface area contributed by atoms with Crippen molar-refractivity contribution in [3.05, 3.63) is 41.7 Å². The van der Waals surface area contributed by atoms with E-state index in [0.717, 1.165) is 38.0 Å². The summed E-state index contributed by atoms with van der Waals surface area (Å²) >= 11 is 0. The molecule has 0 spiro atoms. The lowest BCUT2D eigenvalue weighted by Gasteiger charge is -2.32. The molecule has 0 saturated carbocycles. The van der Waals surface area contributed by atoms with Crippen molar-refractivity contribution in [2.45, 2.75) is 25.9 Å². The highest BCUT2D eigenvalue weighted by atomic mass is 19.1. The molecule has 3 heteroatoms. The molecule has 0 aliphatic carbocycles. The van der Waals surface area contributed by atoms with Gasteiger partial charge in [-0.15, -0.1) is 0 Å². The van der Waals surface area contributed by atoms with Crippen molar-refractivity contribution in [1.29, 1.82) is 0 Å². The van der Waals surface area contributed by atoms with E-state index in [1.165, 1.54) is 12.1 Å². The second-order valence-electron chi connectivity index (χ2n) is 5.34. The van der Waals surface area contributed by atoms with Gasteiger partial charge in [0.05, 0.1) is 6.10 Å². The largest absolute Gasteiger partial charge is 0.393 e. The van der Waals surface area contributed by atoms with Gasteiger partial charge in [-0.25, -0.2) is 4.39 Å². The summed E-state index contributed by atoms with van der Waals surface area (Å²) in [4.78, 5) is 2.37. The van der Waals surface area contributed by atoms with E-state index in [0.29, 0.717) is 5.92 Å². The van der Waals surface area contributed by atoms with Crippen molar-refractivity contribution in [2.24, 2.45) is 5.92 Å². The molecular weight excluding hydrogens is 241 g/mol. The van der Waals surface area contributed by atoms with Gasteiger partial charge >= 0.3 is 0 Å². The average Bonchev–Trinajstić information content (AvgIpc) is 2.39. The zero-order valence-electron chi connectivity index (χ0n) is 11.4. The fourth-order valence-electron chi connectivity index (χ4n) is 2.57. The number of benzene rings is 1. The summed E-state index contributed by atoms with van der Waals surface area (Å²) in [5.74, 6) is 0.253. The Morgan fingerprint density at radius 3 is 2.79 bits per heavy atom.